The summed E-state index contributed by atoms with van der Waals surface area (Å²) in [5, 5.41) is 56.7. The second-order valence-electron chi connectivity index (χ2n) is 11.4. The van der Waals surface area contributed by atoms with Crippen molar-refractivity contribution in [2.24, 2.45) is 28.3 Å². The number of piperidine rings is 1. The van der Waals surface area contributed by atoms with Gasteiger partial charge in [0.05, 0.1) is 40.5 Å². The number of nitrogens with two attached hydrogens (primary N) is 4. The number of primary amides is 1. The molecule has 2 fully saturated rings. The number of rotatable bonds is 3. The maximum absolute atomic E-state index is 14.5. The van der Waals surface area contributed by atoms with Gasteiger partial charge in [0, 0.05) is 13.1 Å². The maximum atomic E-state index is 14.5. The van der Waals surface area contributed by atoms with Crippen LogP contribution in [0.2, 0.25) is 0 Å². The summed E-state index contributed by atoms with van der Waals surface area (Å²) in [6, 6.07) is 1.46. The largest absolute Gasteiger partial charge is 0.509 e. The molecule has 1 amide bonds. The molecule has 3 aliphatic carbocycles. The number of anilines is 1. The first-order valence-corrected chi connectivity index (χ1v) is 13.1. The number of amides is 1. The highest BCUT2D eigenvalue weighted by Crippen LogP contribution is 2.60. The van der Waals surface area contributed by atoms with Crippen LogP contribution in [0.4, 0.5) is 5.69 Å². The zero-order valence-corrected chi connectivity index (χ0v) is 22.6. The van der Waals surface area contributed by atoms with Crippen LogP contribution in [0, 0.1) is 16.7 Å². The molecular weight excluding hydrogens is 534 g/mol. The number of carbonyl (C=O) groups excluding carboxylic acids is 3. The van der Waals surface area contributed by atoms with Crippen LogP contribution >= 0.6 is 0 Å². The van der Waals surface area contributed by atoms with Gasteiger partial charge >= 0.3 is 0 Å². The van der Waals surface area contributed by atoms with Crippen LogP contribution in [0.15, 0.2) is 29.0 Å². The Hall–Kier alpha value is -4.00. The number of phenolic OH excluding ortho intramolecular Hbond substituents is 1. The Labute approximate surface area is 235 Å². The summed E-state index contributed by atoms with van der Waals surface area (Å²) in [6.07, 6.45) is 0.525. The van der Waals surface area contributed by atoms with Crippen molar-refractivity contribution in [1.29, 1.82) is 5.26 Å². The lowest BCUT2D eigenvalue weighted by Gasteiger charge is -2.62. The second-order valence-corrected chi connectivity index (χ2v) is 11.4. The number of Topliss-reactive ketones (excluding diaryl/α,β-unsaturated/α-hetero) is 2. The number of nitrogens with zero attached hydrogens (tertiary/aromatic N) is 3. The molecule has 12 N–H and O–H groups in total. The van der Waals surface area contributed by atoms with Crippen molar-refractivity contribution < 1.29 is 34.8 Å². The number of carbonyl (C=O) groups is 3. The van der Waals surface area contributed by atoms with Crippen molar-refractivity contribution in [3.05, 3.63) is 40.2 Å². The van der Waals surface area contributed by atoms with Crippen molar-refractivity contribution in [2.45, 2.75) is 48.5 Å². The molecule has 4 aliphatic rings. The number of hydrogen-bond donors (Lipinski definition) is 8. The average molecular weight is 568 g/mol. The number of phenols is 1. The summed E-state index contributed by atoms with van der Waals surface area (Å²) < 4.78 is 0. The molecule has 218 valence electrons. The highest BCUT2D eigenvalue weighted by atomic mass is 16.3. The fourth-order valence-electron chi connectivity index (χ4n) is 7.26. The zero-order chi connectivity index (χ0) is 30.4. The third-order valence-corrected chi connectivity index (χ3v) is 9.23. The van der Waals surface area contributed by atoms with Crippen molar-refractivity contribution in [3.8, 4) is 11.8 Å². The Balaban J connectivity index is 1.87. The van der Waals surface area contributed by atoms with Crippen LogP contribution in [0.1, 0.15) is 36.4 Å². The van der Waals surface area contributed by atoms with Gasteiger partial charge in [0.1, 0.15) is 34.5 Å². The predicted octanol–water partition coefficient (Wildman–Crippen LogP) is -1.68. The molecule has 1 saturated carbocycles. The van der Waals surface area contributed by atoms with Crippen LogP contribution in [0.5, 0.6) is 5.75 Å². The molecule has 1 aromatic carbocycles. The average Bonchev–Trinajstić information content (AvgIpc) is 2.91. The van der Waals surface area contributed by atoms with E-state index in [1.165, 1.54) is 20.2 Å². The van der Waals surface area contributed by atoms with Gasteiger partial charge in [0.15, 0.2) is 17.0 Å². The SMILES string of the molecule is CN(C)[C@@H]1C(=O)C(C(N)=O)=C(O)[C@@]2(C#N)C(=O)C3=C(O)c4c(ccc(N5CCCCC5)c4O)[C@H](N)[C@@]3(N)[C@H](O)[C@@]12N. The van der Waals surface area contributed by atoms with E-state index in [1.807, 2.05) is 4.90 Å². The van der Waals surface area contributed by atoms with Crippen LogP contribution < -0.4 is 27.8 Å². The Morgan fingerprint density at radius 3 is 2.27 bits per heavy atom. The minimum atomic E-state index is -3.01. The van der Waals surface area contributed by atoms with Crippen molar-refractivity contribution in [1.82, 2.24) is 4.90 Å². The van der Waals surface area contributed by atoms with E-state index in [2.05, 4.69) is 0 Å². The molecule has 1 aromatic rings. The predicted molar refractivity (Wildman–Crippen MR) is 145 cm³/mol. The molecule has 1 saturated heterocycles. The Morgan fingerprint density at radius 2 is 1.73 bits per heavy atom. The molecule has 6 atom stereocenters. The van der Waals surface area contributed by atoms with Crippen LogP contribution in [-0.4, -0.2) is 93.2 Å². The van der Waals surface area contributed by atoms with Crippen LogP contribution in [0.3, 0.4) is 0 Å². The fourth-order valence-corrected chi connectivity index (χ4v) is 7.26. The van der Waals surface area contributed by atoms with Crippen molar-refractivity contribution in [3.63, 3.8) is 0 Å². The maximum Gasteiger partial charge on any atom is 0.255 e. The topological polar surface area (TPSA) is 266 Å². The van der Waals surface area contributed by atoms with Crippen molar-refractivity contribution in [2.75, 3.05) is 32.1 Å². The van der Waals surface area contributed by atoms with Gasteiger partial charge < -0.3 is 48.3 Å². The molecule has 0 aromatic heterocycles. The van der Waals surface area contributed by atoms with Gasteiger partial charge in [-0.1, -0.05) is 6.07 Å². The summed E-state index contributed by atoms with van der Waals surface area (Å²) in [5.74, 6) is -6.62. The van der Waals surface area contributed by atoms with E-state index in [1.54, 1.807) is 12.1 Å². The van der Waals surface area contributed by atoms with E-state index < -0.39 is 80.6 Å². The van der Waals surface area contributed by atoms with E-state index in [4.69, 9.17) is 22.9 Å². The summed E-state index contributed by atoms with van der Waals surface area (Å²) in [5.41, 5.74) is 15.7. The summed E-state index contributed by atoms with van der Waals surface area (Å²) in [7, 11) is 2.69. The van der Waals surface area contributed by atoms with Gasteiger partial charge in [-0.05, 0) is 45.0 Å². The fraction of sp³-hybridized carbons (Fsp3) is 0.481. The monoisotopic (exact) mass is 567 g/mol. The molecular formula is C27H33N7O7. The number of benzene rings is 1. The third-order valence-electron chi connectivity index (χ3n) is 9.23. The molecule has 0 unspecified atom stereocenters. The quantitative estimate of drug-likeness (QED) is 0.190. The number of aromatic hydroxyl groups is 1. The lowest BCUT2D eigenvalue weighted by atomic mass is 9.45. The van der Waals surface area contributed by atoms with Gasteiger partial charge in [-0.25, -0.2) is 0 Å². The number of likely N-dealkylation sites (N-methyl/N-ethyl adjacent to an activating group) is 1. The first-order valence-electron chi connectivity index (χ1n) is 13.1. The molecule has 5 rings (SSSR count). The minimum absolute atomic E-state index is 0.0769. The minimum Gasteiger partial charge on any atom is -0.509 e. The van der Waals surface area contributed by atoms with Gasteiger partial charge in [0.25, 0.3) is 5.91 Å². The van der Waals surface area contributed by atoms with Crippen LogP contribution in [-0.2, 0) is 14.4 Å². The van der Waals surface area contributed by atoms with Gasteiger partial charge in [-0.2, -0.15) is 5.26 Å². The molecule has 0 spiro atoms. The number of hydrogen-bond acceptors (Lipinski definition) is 13. The molecule has 0 bridgehead atoms. The number of fused-ring (bicyclic) bond motifs is 3. The summed E-state index contributed by atoms with van der Waals surface area (Å²) in [4.78, 5) is 43.4. The lowest BCUT2D eigenvalue weighted by Crippen LogP contribution is -2.87. The number of nitriles is 1. The van der Waals surface area contributed by atoms with E-state index in [-0.39, 0.29) is 11.1 Å². The van der Waals surface area contributed by atoms with Crippen LogP contribution in [0.25, 0.3) is 5.76 Å². The first-order chi connectivity index (χ1) is 19.1. The smallest absolute Gasteiger partial charge is 0.255 e. The Morgan fingerprint density at radius 1 is 1.12 bits per heavy atom. The molecule has 1 heterocycles. The highest BCUT2D eigenvalue weighted by molar-refractivity contribution is 6.26. The third kappa shape index (κ3) is 3.15. The number of ketones is 2. The zero-order valence-electron chi connectivity index (χ0n) is 22.6. The van der Waals surface area contributed by atoms with E-state index in [9.17, 15) is 40.1 Å². The summed E-state index contributed by atoms with van der Waals surface area (Å²) in [6.45, 7) is 1.27. The Bertz CT molecular complexity index is 1510. The molecule has 1 aliphatic heterocycles. The lowest BCUT2D eigenvalue weighted by molar-refractivity contribution is -0.153. The standard InChI is InChI=1S/C27H33N7O7/c1-33(2)20-18(37)14(23(30)40)21(38)25(10-28)22(39)15-17(36)13-11(19(29)26(15,31)24(41)27(20,25)32)6-7-12(16(13)35)34-8-4-3-5-9-34/h6-7,19-20,24,35-36,38,41H,3-5,8-9,29,31-32H2,1-2H3,(H2,30,40)/t19-,20+,24-,25-,26+,27-/m0/s1. The molecule has 14 heteroatoms. The summed E-state index contributed by atoms with van der Waals surface area (Å²) >= 11 is 0. The first kappa shape index (κ1) is 28.5. The van der Waals surface area contributed by atoms with Gasteiger partial charge in [-0.3, -0.25) is 19.3 Å². The van der Waals surface area contributed by atoms with Gasteiger partial charge in [0.2, 0.25) is 0 Å². The second kappa shape index (κ2) is 9.00. The number of aliphatic hydroxyl groups excluding tert-OH is 3. The highest BCUT2D eigenvalue weighted by Gasteiger charge is 2.79. The molecule has 0 radical (unpaired) electrons. The Kier molecular flexibility index (Phi) is 6.26. The van der Waals surface area contributed by atoms with Crippen molar-refractivity contribution >= 4 is 28.9 Å². The molecule has 14 nitrogen and oxygen atoms in total. The molecule has 41 heavy (non-hydrogen) atoms. The van der Waals surface area contributed by atoms with Gasteiger partial charge in [-0.15, -0.1) is 0 Å². The van der Waals surface area contributed by atoms with E-state index in [0.717, 1.165) is 24.2 Å². The van der Waals surface area contributed by atoms with E-state index in [0.29, 0.717) is 18.8 Å². The number of aliphatic hydroxyl groups is 3. The normalized spacial score (nSPS) is 35.2. The van der Waals surface area contributed by atoms with E-state index >= 15 is 0 Å².